The first-order valence-electron chi connectivity index (χ1n) is 5.61. The molecule has 0 atom stereocenters. The fourth-order valence-corrected chi connectivity index (χ4v) is 1.92. The predicted molar refractivity (Wildman–Crippen MR) is 75.5 cm³/mol. The largest absolute Gasteiger partial charge is 0.478 e. The number of anilines is 1. The number of nitrogens with zero attached hydrogens (tertiary/aromatic N) is 1. The van der Waals surface area contributed by atoms with Crippen LogP contribution in [0.5, 0.6) is 0 Å². The molecule has 2 aromatic rings. The molecule has 20 heavy (non-hydrogen) atoms. The highest BCUT2D eigenvalue weighted by Crippen LogP contribution is 2.21. The number of benzene rings is 1. The maximum atomic E-state index is 11.7. The molecule has 2 amide bonds. The van der Waals surface area contributed by atoms with Crippen LogP contribution in [-0.4, -0.2) is 27.1 Å². The van der Waals surface area contributed by atoms with Crippen molar-refractivity contribution in [2.75, 3.05) is 5.32 Å². The Labute approximate surface area is 122 Å². The number of nitrogens with one attached hydrogen (secondary N) is 3. The molecule has 0 unspecified atom stereocenters. The van der Waals surface area contributed by atoms with Gasteiger partial charge in [0.15, 0.2) is 0 Å². The summed E-state index contributed by atoms with van der Waals surface area (Å²) in [6.07, 6.45) is 3.12. The number of carbonyl (C=O) groups excluding carboxylic acids is 1. The lowest BCUT2D eigenvalue weighted by molar-refractivity contribution is 0.0696. The third kappa shape index (κ3) is 3.58. The van der Waals surface area contributed by atoms with Gasteiger partial charge in [-0.25, -0.2) is 14.6 Å². The minimum atomic E-state index is -1.07. The number of amides is 2. The van der Waals surface area contributed by atoms with Gasteiger partial charge in [-0.1, -0.05) is 0 Å². The summed E-state index contributed by atoms with van der Waals surface area (Å²) < 4.78 is 0.452. The van der Waals surface area contributed by atoms with Gasteiger partial charge in [0.1, 0.15) is 0 Å². The average molecular weight is 339 g/mol. The number of carboxylic acids is 1. The molecule has 7 nitrogen and oxygen atoms in total. The van der Waals surface area contributed by atoms with Gasteiger partial charge in [-0.05, 0) is 34.1 Å². The van der Waals surface area contributed by atoms with Crippen molar-refractivity contribution in [1.82, 2.24) is 15.3 Å². The van der Waals surface area contributed by atoms with E-state index < -0.39 is 12.0 Å². The molecule has 0 saturated carbocycles. The number of aromatic nitrogens is 2. The lowest BCUT2D eigenvalue weighted by atomic mass is 10.2. The molecule has 0 aliphatic carbocycles. The van der Waals surface area contributed by atoms with E-state index in [-0.39, 0.29) is 5.56 Å². The van der Waals surface area contributed by atoms with Gasteiger partial charge >= 0.3 is 12.0 Å². The van der Waals surface area contributed by atoms with Crippen molar-refractivity contribution in [1.29, 1.82) is 0 Å². The number of urea groups is 1. The second-order valence-corrected chi connectivity index (χ2v) is 4.74. The molecular weight excluding hydrogens is 328 g/mol. The Bertz CT molecular complexity index is 628. The van der Waals surface area contributed by atoms with Gasteiger partial charge in [0, 0.05) is 16.4 Å². The molecule has 0 bridgehead atoms. The zero-order valence-corrected chi connectivity index (χ0v) is 11.8. The molecule has 0 fully saturated rings. The van der Waals surface area contributed by atoms with Crippen LogP contribution >= 0.6 is 15.9 Å². The first-order chi connectivity index (χ1) is 9.56. The van der Waals surface area contributed by atoms with Crippen LogP contribution in [0.25, 0.3) is 0 Å². The lowest BCUT2D eigenvalue weighted by Crippen LogP contribution is -2.28. The van der Waals surface area contributed by atoms with Crippen molar-refractivity contribution in [2.24, 2.45) is 0 Å². The van der Waals surface area contributed by atoms with E-state index >= 15 is 0 Å². The molecule has 0 aliphatic heterocycles. The number of carbonyl (C=O) groups is 2. The summed E-state index contributed by atoms with van der Waals surface area (Å²) in [5.41, 5.74) is 1.24. The molecule has 0 radical (unpaired) electrons. The van der Waals surface area contributed by atoms with Crippen LogP contribution in [0.15, 0.2) is 35.2 Å². The van der Waals surface area contributed by atoms with Crippen molar-refractivity contribution in [3.63, 3.8) is 0 Å². The number of hydrogen-bond donors (Lipinski definition) is 4. The van der Waals surface area contributed by atoms with Gasteiger partial charge in [-0.2, -0.15) is 0 Å². The maximum absolute atomic E-state index is 11.7. The summed E-state index contributed by atoms with van der Waals surface area (Å²) in [6.45, 7) is 0.300. The standard InChI is InChI=1S/C12H11BrN4O3/c13-10-2-1-7(3-9(10)11(18)19)17-12(20)15-5-8-4-14-6-16-8/h1-4,6H,5H2,(H,14,16)(H,18,19)(H2,15,17,20). The third-order valence-electron chi connectivity index (χ3n) is 2.45. The smallest absolute Gasteiger partial charge is 0.336 e. The highest BCUT2D eigenvalue weighted by Gasteiger charge is 2.10. The Balaban J connectivity index is 1.97. The van der Waals surface area contributed by atoms with E-state index in [4.69, 9.17) is 5.11 Å². The summed E-state index contributed by atoms with van der Waals surface area (Å²) in [7, 11) is 0. The number of aromatic carboxylic acids is 1. The maximum Gasteiger partial charge on any atom is 0.336 e. The lowest BCUT2D eigenvalue weighted by Gasteiger charge is -2.08. The van der Waals surface area contributed by atoms with Gasteiger partial charge in [0.25, 0.3) is 0 Å². The second kappa shape index (κ2) is 6.20. The van der Waals surface area contributed by atoms with E-state index in [1.54, 1.807) is 18.3 Å². The van der Waals surface area contributed by atoms with E-state index in [0.717, 1.165) is 5.69 Å². The SMILES string of the molecule is O=C(NCc1cnc[nH]1)Nc1ccc(Br)c(C(=O)O)c1. The second-order valence-electron chi connectivity index (χ2n) is 3.88. The van der Waals surface area contributed by atoms with Crippen molar-refractivity contribution >= 4 is 33.6 Å². The first kappa shape index (κ1) is 14.1. The van der Waals surface area contributed by atoms with Gasteiger partial charge in [-0.3, -0.25) is 0 Å². The number of hydrogen-bond acceptors (Lipinski definition) is 3. The van der Waals surface area contributed by atoms with Gasteiger partial charge in [0.2, 0.25) is 0 Å². The Kier molecular flexibility index (Phi) is 4.36. The fourth-order valence-electron chi connectivity index (χ4n) is 1.50. The monoisotopic (exact) mass is 338 g/mol. The summed E-state index contributed by atoms with van der Waals surface area (Å²) in [4.78, 5) is 29.3. The molecule has 1 aromatic heterocycles. The van der Waals surface area contributed by atoms with E-state index in [0.29, 0.717) is 16.7 Å². The minimum absolute atomic E-state index is 0.0800. The zero-order valence-electron chi connectivity index (χ0n) is 10.2. The third-order valence-corrected chi connectivity index (χ3v) is 3.14. The summed E-state index contributed by atoms with van der Waals surface area (Å²) in [5.74, 6) is -1.07. The highest BCUT2D eigenvalue weighted by molar-refractivity contribution is 9.10. The predicted octanol–water partition coefficient (Wildman–Crippen LogP) is 2.19. The summed E-state index contributed by atoms with van der Waals surface area (Å²) in [6, 6.07) is 4.11. The van der Waals surface area contributed by atoms with E-state index in [1.165, 1.54) is 12.4 Å². The van der Waals surface area contributed by atoms with Crippen LogP contribution in [0.1, 0.15) is 16.1 Å². The van der Waals surface area contributed by atoms with Gasteiger partial charge < -0.3 is 20.7 Å². The number of rotatable bonds is 4. The molecule has 4 N–H and O–H groups in total. The molecule has 1 aromatic carbocycles. The van der Waals surface area contributed by atoms with Crippen molar-refractivity contribution in [2.45, 2.75) is 6.54 Å². The van der Waals surface area contributed by atoms with Crippen LogP contribution < -0.4 is 10.6 Å². The molecule has 1 heterocycles. The highest BCUT2D eigenvalue weighted by atomic mass is 79.9. The summed E-state index contributed by atoms with van der Waals surface area (Å²) >= 11 is 3.13. The number of halogens is 1. The van der Waals surface area contributed by atoms with Crippen LogP contribution in [-0.2, 0) is 6.54 Å². The van der Waals surface area contributed by atoms with Crippen molar-refractivity contribution < 1.29 is 14.7 Å². The molecule has 104 valence electrons. The summed E-state index contributed by atoms with van der Waals surface area (Å²) in [5, 5.41) is 14.2. The first-order valence-corrected chi connectivity index (χ1v) is 6.40. The fraction of sp³-hybridized carbons (Fsp3) is 0.0833. The molecule has 0 saturated heterocycles. The quantitative estimate of drug-likeness (QED) is 0.685. The van der Waals surface area contributed by atoms with E-state index in [2.05, 4.69) is 36.5 Å². The molecule has 0 spiro atoms. The average Bonchev–Trinajstić information content (AvgIpc) is 2.91. The molecule has 0 aliphatic rings. The number of imidazole rings is 1. The normalized spacial score (nSPS) is 10.1. The Hall–Kier alpha value is -2.35. The Morgan fingerprint density at radius 2 is 2.20 bits per heavy atom. The van der Waals surface area contributed by atoms with Crippen LogP contribution in [0.2, 0.25) is 0 Å². The van der Waals surface area contributed by atoms with Gasteiger partial charge in [0.05, 0.1) is 24.1 Å². The number of H-pyrrole nitrogens is 1. The van der Waals surface area contributed by atoms with Gasteiger partial charge in [-0.15, -0.1) is 0 Å². The molecular formula is C12H11BrN4O3. The zero-order chi connectivity index (χ0) is 14.5. The van der Waals surface area contributed by atoms with Crippen LogP contribution in [0, 0.1) is 0 Å². The molecule has 8 heteroatoms. The van der Waals surface area contributed by atoms with Crippen LogP contribution in [0.4, 0.5) is 10.5 Å². The minimum Gasteiger partial charge on any atom is -0.478 e. The number of aromatic amines is 1. The van der Waals surface area contributed by atoms with Crippen molar-refractivity contribution in [3.8, 4) is 0 Å². The Morgan fingerprint density at radius 3 is 2.85 bits per heavy atom. The van der Waals surface area contributed by atoms with E-state index in [1.807, 2.05) is 0 Å². The van der Waals surface area contributed by atoms with Crippen LogP contribution in [0.3, 0.4) is 0 Å². The molecule has 2 rings (SSSR count). The topological polar surface area (TPSA) is 107 Å². The number of carboxylic acid groups (broad SMARTS) is 1. The Morgan fingerprint density at radius 1 is 1.40 bits per heavy atom. The van der Waals surface area contributed by atoms with Crippen molar-refractivity contribution in [3.05, 3.63) is 46.5 Å². The van der Waals surface area contributed by atoms with E-state index in [9.17, 15) is 9.59 Å².